The summed E-state index contributed by atoms with van der Waals surface area (Å²) in [6.07, 6.45) is 2.27. The number of benzene rings is 2. The third-order valence-electron chi connectivity index (χ3n) is 3.47. The number of carbonyl (C=O) groups is 2. The maximum absolute atomic E-state index is 11.9. The van der Waals surface area contributed by atoms with Crippen LogP contribution in [0.2, 0.25) is 5.02 Å². The SMILES string of the molecule is CCOc1ccc(Cl)cc1/C=N\NC(=O)C(=O)Nc1ccc(CC)cc1. The second kappa shape index (κ2) is 9.58. The highest BCUT2D eigenvalue weighted by atomic mass is 35.5. The first kappa shape index (κ1) is 19.5. The molecule has 0 saturated heterocycles. The maximum Gasteiger partial charge on any atom is 0.329 e. The van der Waals surface area contributed by atoms with Crippen LogP contribution < -0.4 is 15.5 Å². The van der Waals surface area contributed by atoms with Crippen molar-refractivity contribution in [1.29, 1.82) is 0 Å². The van der Waals surface area contributed by atoms with E-state index >= 15 is 0 Å². The van der Waals surface area contributed by atoms with Gasteiger partial charge in [0.2, 0.25) is 0 Å². The van der Waals surface area contributed by atoms with Crippen LogP contribution in [0.15, 0.2) is 47.6 Å². The Morgan fingerprint density at radius 3 is 2.50 bits per heavy atom. The fraction of sp³-hybridized carbons (Fsp3) is 0.211. The van der Waals surface area contributed by atoms with Gasteiger partial charge in [0.05, 0.1) is 12.8 Å². The lowest BCUT2D eigenvalue weighted by Gasteiger charge is -2.07. The van der Waals surface area contributed by atoms with Crippen LogP contribution >= 0.6 is 11.6 Å². The molecule has 0 aliphatic carbocycles. The lowest BCUT2D eigenvalue weighted by molar-refractivity contribution is -0.136. The quantitative estimate of drug-likeness (QED) is 0.462. The molecule has 0 unspecified atom stereocenters. The Kier molecular flexibility index (Phi) is 7.17. The first-order valence-corrected chi connectivity index (χ1v) is 8.57. The monoisotopic (exact) mass is 373 g/mol. The average Bonchev–Trinajstić information content (AvgIpc) is 2.64. The number of amides is 2. The lowest BCUT2D eigenvalue weighted by Crippen LogP contribution is -2.32. The third kappa shape index (κ3) is 5.60. The Morgan fingerprint density at radius 1 is 1.12 bits per heavy atom. The molecule has 7 heteroatoms. The standard InChI is InChI=1S/C19H20ClN3O3/c1-3-13-5-8-16(9-6-13)22-18(24)19(25)23-21-12-14-11-15(20)7-10-17(14)26-4-2/h5-12H,3-4H2,1-2H3,(H,22,24)(H,23,25)/b21-12-. The number of hydrazone groups is 1. The average molecular weight is 374 g/mol. The van der Waals surface area contributed by atoms with Crippen molar-refractivity contribution in [3.8, 4) is 5.75 Å². The first-order chi connectivity index (χ1) is 12.5. The number of hydrogen-bond acceptors (Lipinski definition) is 4. The van der Waals surface area contributed by atoms with Crippen LogP contribution in [0.4, 0.5) is 5.69 Å². The van der Waals surface area contributed by atoms with Crippen molar-refractivity contribution in [2.45, 2.75) is 20.3 Å². The van der Waals surface area contributed by atoms with Crippen molar-refractivity contribution in [1.82, 2.24) is 5.43 Å². The van der Waals surface area contributed by atoms with Gasteiger partial charge >= 0.3 is 11.8 Å². The molecule has 0 heterocycles. The highest BCUT2D eigenvalue weighted by molar-refractivity contribution is 6.39. The zero-order valence-corrected chi connectivity index (χ0v) is 15.3. The van der Waals surface area contributed by atoms with Crippen molar-refractivity contribution in [2.75, 3.05) is 11.9 Å². The fourth-order valence-electron chi connectivity index (χ4n) is 2.13. The molecule has 0 fully saturated rings. The van der Waals surface area contributed by atoms with Crippen molar-refractivity contribution in [2.24, 2.45) is 5.10 Å². The predicted molar refractivity (Wildman–Crippen MR) is 103 cm³/mol. The topological polar surface area (TPSA) is 79.8 Å². The van der Waals surface area contributed by atoms with Gasteiger partial charge < -0.3 is 10.1 Å². The van der Waals surface area contributed by atoms with Gasteiger partial charge in [-0.05, 0) is 49.2 Å². The van der Waals surface area contributed by atoms with Crippen LogP contribution in [0.3, 0.4) is 0 Å². The van der Waals surface area contributed by atoms with Gasteiger partial charge in [-0.2, -0.15) is 5.10 Å². The smallest absolute Gasteiger partial charge is 0.329 e. The predicted octanol–water partition coefficient (Wildman–Crippen LogP) is 3.39. The van der Waals surface area contributed by atoms with Gasteiger partial charge in [-0.1, -0.05) is 30.7 Å². The Hall–Kier alpha value is -2.86. The molecule has 2 aromatic carbocycles. The molecule has 0 atom stereocenters. The molecule has 0 saturated carbocycles. The molecular weight excluding hydrogens is 354 g/mol. The molecule has 0 aromatic heterocycles. The molecular formula is C19H20ClN3O3. The summed E-state index contributed by atoms with van der Waals surface area (Å²) in [6.45, 7) is 4.37. The first-order valence-electron chi connectivity index (χ1n) is 8.19. The van der Waals surface area contributed by atoms with Crippen LogP contribution in [-0.2, 0) is 16.0 Å². The second-order valence-electron chi connectivity index (χ2n) is 5.32. The lowest BCUT2D eigenvalue weighted by atomic mass is 10.1. The molecule has 136 valence electrons. The second-order valence-corrected chi connectivity index (χ2v) is 5.76. The van der Waals surface area contributed by atoms with Crippen LogP contribution in [0.5, 0.6) is 5.75 Å². The molecule has 0 bridgehead atoms. The third-order valence-corrected chi connectivity index (χ3v) is 3.70. The Bertz CT molecular complexity index is 804. The van der Waals surface area contributed by atoms with Gasteiger partial charge in [-0.3, -0.25) is 9.59 Å². The van der Waals surface area contributed by atoms with E-state index in [1.165, 1.54) is 6.21 Å². The van der Waals surface area contributed by atoms with E-state index in [4.69, 9.17) is 16.3 Å². The summed E-state index contributed by atoms with van der Waals surface area (Å²) in [5.41, 5.74) is 4.46. The molecule has 2 N–H and O–H groups in total. The van der Waals surface area contributed by atoms with Gasteiger partial charge in [0.15, 0.2) is 0 Å². The molecule has 0 radical (unpaired) electrons. The van der Waals surface area contributed by atoms with E-state index in [-0.39, 0.29) is 0 Å². The van der Waals surface area contributed by atoms with Crippen molar-refractivity contribution >= 4 is 35.3 Å². The number of nitrogens with one attached hydrogen (secondary N) is 2. The number of rotatable bonds is 6. The summed E-state index contributed by atoms with van der Waals surface area (Å²) in [5, 5.41) is 6.81. The fourth-order valence-corrected chi connectivity index (χ4v) is 2.31. The van der Waals surface area contributed by atoms with Crippen LogP contribution in [0.1, 0.15) is 25.0 Å². The number of ether oxygens (including phenoxy) is 1. The summed E-state index contributed by atoms with van der Waals surface area (Å²) in [5.74, 6) is -1.10. The van der Waals surface area contributed by atoms with Crippen molar-refractivity contribution in [3.63, 3.8) is 0 Å². The number of anilines is 1. The summed E-state index contributed by atoms with van der Waals surface area (Å²) < 4.78 is 5.45. The minimum atomic E-state index is -0.874. The Balaban J connectivity index is 1.95. The van der Waals surface area contributed by atoms with E-state index in [2.05, 4.69) is 15.8 Å². The minimum absolute atomic E-state index is 0.480. The molecule has 0 aliphatic heterocycles. The van der Waals surface area contributed by atoms with E-state index in [1.807, 2.05) is 26.0 Å². The molecule has 2 aromatic rings. The van der Waals surface area contributed by atoms with Gasteiger partial charge in [-0.15, -0.1) is 0 Å². The zero-order valence-electron chi connectivity index (χ0n) is 14.6. The molecule has 6 nitrogen and oxygen atoms in total. The van der Waals surface area contributed by atoms with Crippen LogP contribution in [0, 0.1) is 0 Å². The number of halogens is 1. The summed E-state index contributed by atoms with van der Waals surface area (Å²) in [4.78, 5) is 23.7. The van der Waals surface area contributed by atoms with Gasteiger partial charge in [0.1, 0.15) is 5.75 Å². The number of hydrogen-bond donors (Lipinski definition) is 2. The maximum atomic E-state index is 11.9. The van der Waals surface area contributed by atoms with E-state index < -0.39 is 11.8 Å². The highest BCUT2D eigenvalue weighted by Crippen LogP contribution is 2.21. The summed E-state index contributed by atoms with van der Waals surface area (Å²) in [6, 6.07) is 12.3. The minimum Gasteiger partial charge on any atom is -0.493 e. The summed E-state index contributed by atoms with van der Waals surface area (Å²) in [7, 11) is 0. The van der Waals surface area contributed by atoms with E-state index in [0.29, 0.717) is 28.6 Å². The van der Waals surface area contributed by atoms with Gasteiger partial charge in [0.25, 0.3) is 0 Å². The van der Waals surface area contributed by atoms with Gasteiger partial charge in [0, 0.05) is 16.3 Å². The van der Waals surface area contributed by atoms with E-state index in [1.54, 1.807) is 30.3 Å². The molecule has 0 spiro atoms. The molecule has 26 heavy (non-hydrogen) atoms. The van der Waals surface area contributed by atoms with Crippen LogP contribution in [0.25, 0.3) is 0 Å². The molecule has 2 amide bonds. The number of carbonyl (C=O) groups excluding carboxylic acids is 2. The Labute approximate surface area is 157 Å². The Morgan fingerprint density at radius 2 is 1.85 bits per heavy atom. The van der Waals surface area contributed by atoms with Gasteiger partial charge in [-0.25, -0.2) is 5.43 Å². The summed E-state index contributed by atoms with van der Waals surface area (Å²) >= 11 is 5.95. The van der Waals surface area contributed by atoms with Crippen LogP contribution in [-0.4, -0.2) is 24.6 Å². The van der Waals surface area contributed by atoms with E-state index in [9.17, 15) is 9.59 Å². The largest absolute Gasteiger partial charge is 0.493 e. The molecule has 2 rings (SSSR count). The van der Waals surface area contributed by atoms with E-state index in [0.717, 1.165) is 12.0 Å². The normalized spacial score (nSPS) is 10.6. The molecule has 0 aliphatic rings. The highest BCUT2D eigenvalue weighted by Gasteiger charge is 2.13. The number of aryl methyl sites for hydroxylation is 1. The van der Waals surface area contributed by atoms with Crippen molar-refractivity contribution in [3.05, 3.63) is 58.6 Å². The zero-order chi connectivity index (χ0) is 18.9. The van der Waals surface area contributed by atoms with Crippen molar-refractivity contribution < 1.29 is 14.3 Å². The number of nitrogens with zero attached hydrogens (tertiary/aromatic N) is 1.